The van der Waals surface area contributed by atoms with Crippen molar-refractivity contribution in [3.8, 4) is 22.6 Å². The molecule has 3 heterocycles. The molecule has 1 aliphatic heterocycles. The molecule has 0 aliphatic carbocycles. The van der Waals surface area contributed by atoms with Crippen molar-refractivity contribution in [1.82, 2.24) is 15.2 Å². The summed E-state index contributed by atoms with van der Waals surface area (Å²) >= 11 is 6.66. The van der Waals surface area contributed by atoms with E-state index in [0.29, 0.717) is 34.7 Å². The van der Waals surface area contributed by atoms with Crippen molar-refractivity contribution in [2.45, 2.75) is 18.9 Å². The smallest absolute Gasteiger partial charge is 0.162 e. The van der Waals surface area contributed by atoms with Gasteiger partial charge in [0.1, 0.15) is 5.82 Å². The third-order valence-corrected chi connectivity index (χ3v) is 5.56. The normalized spacial score (nSPS) is 16.4. The molecule has 1 aromatic carbocycles. The first-order valence-corrected chi connectivity index (χ1v) is 9.83. The number of anilines is 1. The van der Waals surface area contributed by atoms with Gasteiger partial charge in [-0.3, -0.25) is 0 Å². The minimum Gasteiger partial charge on any atom is -0.493 e. The highest BCUT2D eigenvalue weighted by atomic mass is 35.5. The van der Waals surface area contributed by atoms with E-state index >= 15 is 0 Å². The third-order valence-electron chi connectivity index (χ3n) is 5.29. The zero-order valence-corrected chi connectivity index (χ0v) is 17.4. The van der Waals surface area contributed by atoms with Crippen LogP contribution in [0.1, 0.15) is 12.8 Å². The molecule has 7 nitrogen and oxygen atoms in total. The number of aromatic nitrogens is 3. The van der Waals surface area contributed by atoms with Gasteiger partial charge in [0, 0.05) is 42.4 Å². The molecule has 1 saturated heterocycles. The first-order chi connectivity index (χ1) is 14.2. The fraction of sp³-hybridized carbons (Fsp3) is 0.381. The van der Waals surface area contributed by atoms with Gasteiger partial charge < -0.3 is 19.1 Å². The van der Waals surface area contributed by atoms with Gasteiger partial charge in [-0.15, -0.1) is 0 Å². The minimum absolute atomic E-state index is 0.302. The van der Waals surface area contributed by atoms with Crippen LogP contribution in [0.5, 0.6) is 11.5 Å². The van der Waals surface area contributed by atoms with Crippen LogP contribution in [-0.4, -0.2) is 55.7 Å². The van der Waals surface area contributed by atoms with Crippen LogP contribution in [0.3, 0.4) is 0 Å². The maximum Gasteiger partial charge on any atom is 0.162 e. The lowest BCUT2D eigenvalue weighted by molar-refractivity contribution is 0.180. The van der Waals surface area contributed by atoms with Crippen LogP contribution in [-0.2, 0) is 4.74 Å². The van der Waals surface area contributed by atoms with Crippen LogP contribution in [0.4, 0.5) is 5.82 Å². The van der Waals surface area contributed by atoms with Gasteiger partial charge >= 0.3 is 0 Å². The average molecular weight is 415 g/mol. The second-order valence-corrected chi connectivity index (χ2v) is 7.36. The molecule has 1 atom stereocenters. The molecule has 3 aromatic rings. The van der Waals surface area contributed by atoms with Gasteiger partial charge in [0.15, 0.2) is 11.5 Å². The molecule has 0 radical (unpaired) electrons. The summed E-state index contributed by atoms with van der Waals surface area (Å²) in [6, 6.07) is 5.94. The number of benzene rings is 1. The fourth-order valence-electron chi connectivity index (χ4n) is 3.88. The predicted molar refractivity (Wildman–Crippen MR) is 113 cm³/mol. The van der Waals surface area contributed by atoms with Crippen molar-refractivity contribution in [2.24, 2.45) is 0 Å². The van der Waals surface area contributed by atoms with Gasteiger partial charge in [0.05, 0.1) is 43.6 Å². The Bertz CT molecular complexity index is 1030. The maximum atomic E-state index is 6.66. The molecule has 1 aliphatic rings. The minimum atomic E-state index is 0.302. The Labute approximate surface area is 174 Å². The lowest BCUT2D eigenvalue weighted by Gasteiger charge is -2.26. The maximum absolute atomic E-state index is 6.66. The number of hydrogen-bond acceptors (Lipinski definition) is 7. The summed E-state index contributed by atoms with van der Waals surface area (Å²) in [6.45, 7) is 1.59. The number of pyridine rings is 1. The number of fused-ring (bicyclic) bond motifs is 1. The monoisotopic (exact) mass is 414 g/mol. The first-order valence-electron chi connectivity index (χ1n) is 9.45. The van der Waals surface area contributed by atoms with Crippen LogP contribution in [0.25, 0.3) is 22.0 Å². The number of hydrogen-bond donors (Lipinski definition) is 0. The van der Waals surface area contributed by atoms with Crippen LogP contribution in [0.15, 0.2) is 30.6 Å². The van der Waals surface area contributed by atoms with E-state index in [0.717, 1.165) is 41.7 Å². The molecule has 0 bridgehead atoms. The molecule has 152 valence electrons. The van der Waals surface area contributed by atoms with Crippen molar-refractivity contribution < 1.29 is 14.2 Å². The molecule has 2 aromatic heterocycles. The summed E-state index contributed by atoms with van der Waals surface area (Å²) in [5.74, 6) is 2.03. The molecule has 0 saturated carbocycles. The van der Waals surface area contributed by atoms with Crippen molar-refractivity contribution >= 4 is 28.3 Å². The Hall–Kier alpha value is -2.64. The number of methoxy groups -OCH3 is 3. The van der Waals surface area contributed by atoms with Crippen LogP contribution in [0.2, 0.25) is 5.02 Å². The molecule has 1 fully saturated rings. The van der Waals surface area contributed by atoms with Gasteiger partial charge in [-0.1, -0.05) is 11.6 Å². The molecule has 4 rings (SSSR count). The number of rotatable bonds is 6. The van der Waals surface area contributed by atoms with E-state index in [4.69, 9.17) is 25.8 Å². The Kier molecular flexibility index (Phi) is 5.69. The highest BCUT2D eigenvalue weighted by Gasteiger charge is 2.27. The summed E-state index contributed by atoms with van der Waals surface area (Å²) in [7, 11) is 4.93. The standard InChI is InChI=1S/C21H23ClN4O3/c1-27-12-14-5-4-6-26(14)21-17(22)7-13(10-23-21)16-11-24-25-18-9-20(29-3)19(28-2)8-15(16)18/h7-11,14H,4-6,12H2,1-3H3/t14-/m1/s1. The van der Waals surface area contributed by atoms with E-state index in [2.05, 4.69) is 20.1 Å². The van der Waals surface area contributed by atoms with E-state index < -0.39 is 0 Å². The molecule has 0 N–H and O–H groups in total. The van der Waals surface area contributed by atoms with Gasteiger partial charge in [-0.25, -0.2) is 4.98 Å². The van der Waals surface area contributed by atoms with Crippen molar-refractivity contribution in [1.29, 1.82) is 0 Å². The topological polar surface area (TPSA) is 69.6 Å². The number of ether oxygens (including phenoxy) is 3. The molecule has 8 heteroatoms. The molecule has 0 spiro atoms. The van der Waals surface area contributed by atoms with Gasteiger partial charge in [0.25, 0.3) is 0 Å². The van der Waals surface area contributed by atoms with E-state index in [1.54, 1.807) is 27.5 Å². The number of halogens is 1. The van der Waals surface area contributed by atoms with Gasteiger partial charge in [0.2, 0.25) is 0 Å². The lowest BCUT2D eigenvalue weighted by atomic mass is 10.0. The van der Waals surface area contributed by atoms with E-state index in [1.165, 1.54) is 0 Å². The summed E-state index contributed by atoms with van der Waals surface area (Å²) in [5.41, 5.74) is 2.46. The third kappa shape index (κ3) is 3.68. The first kappa shape index (κ1) is 19.7. The van der Waals surface area contributed by atoms with E-state index in [1.807, 2.05) is 24.4 Å². The predicted octanol–water partition coefficient (Wildman–Crippen LogP) is 3.98. The zero-order chi connectivity index (χ0) is 20.4. The molecule has 0 amide bonds. The SMILES string of the molecule is COC[C@H]1CCCN1c1ncc(-c2cnnc3cc(OC)c(OC)cc23)cc1Cl. The Morgan fingerprint density at radius 2 is 1.90 bits per heavy atom. The van der Waals surface area contributed by atoms with E-state index in [9.17, 15) is 0 Å². The van der Waals surface area contributed by atoms with E-state index in [-0.39, 0.29) is 0 Å². The van der Waals surface area contributed by atoms with Crippen LogP contribution in [0, 0.1) is 0 Å². The Morgan fingerprint density at radius 1 is 1.10 bits per heavy atom. The van der Waals surface area contributed by atoms with Crippen molar-refractivity contribution in [3.05, 3.63) is 35.6 Å². The Morgan fingerprint density at radius 3 is 2.62 bits per heavy atom. The second kappa shape index (κ2) is 8.39. The van der Waals surface area contributed by atoms with Gasteiger partial charge in [-0.05, 0) is 25.0 Å². The highest BCUT2D eigenvalue weighted by Crippen LogP contribution is 2.38. The zero-order valence-electron chi connectivity index (χ0n) is 16.7. The number of nitrogens with zero attached hydrogens (tertiary/aromatic N) is 4. The molecule has 0 unspecified atom stereocenters. The second-order valence-electron chi connectivity index (χ2n) is 6.96. The summed E-state index contributed by atoms with van der Waals surface area (Å²) < 4.78 is 16.2. The quantitative estimate of drug-likeness (QED) is 0.604. The Balaban J connectivity index is 1.76. The lowest BCUT2D eigenvalue weighted by Crippen LogP contribution is -2.33. The fourth-order valence-corrected chi connectivity index (χ4v) is 4.16. The molecular formula is C21H23ClN4O3. The summed E-state index contributed by atoms with van der Waals surface area (Å²) in [6.07, 6.45) is 5.73. The summed E-state index contributed by atoms with van der Waals surface area (Å²) in [4.78, 5) is 6.92. The molecular weight excluding hydrogens is 392 g/mol. The van der Waals surface area contributed by atoms with Crippen molar-refractivity contribution in [3.63, 3.8) is 0 Å². The van der Waals surface area contributed by atoms with Gasteiger partial charge in [-0.2, -0.15) is 10.2 Å². The van der Waals surface area contributed by atoms with Crippen LogP contribution >= 0.6 is 11.6 Å². The average Bonchev–Trinajstić information content (AvgIpc) is 3.20. The van der Waals surface area contributed by atoms with Crippen LogP contribution < -0.4 is 14.4 Å². The van der Waals surface area contributed by atoms with Crippen molar-refractivity contribution in [2.75, 3.05) is 39.4 Å². The molecule has 29 heavy (non-hydrogen) atoms. The largest absolute Gasteiger partial charge is 0.493 e. The summed E-state index contributed by atoms with van der Waals surface area (Å²) in [5, 5.41) is 9.86. The highest BCUT2D eigenvalue weighted by molar-refractivity contribution is 6.33.